The van der Waals surface area contributed by atoms with Crippen molar-refractivity contribution in [1.82, 2.24) is 0 Å². The van der Waals surface area contributed by atoms with E-state index >= 15 is 0 Å². The average Bonchev–Trinajstić information content (AvgIpc) is 2.32. The Hall–Kier alpha value is -0.590. The van der Waals surface area contributed by atoms with Gasteiger partial charge in [0.1, 0.15) is 0 Å². The summed E-state index contributed by atoms with van der Waals surface area (Å²) < 4.78 is 23.2. The number of sulfonamides is 1. The Morgan fingerprint density at radius 1 is 1.22 bits per heavy atom. The zero-order valence-electron chi connectivity index (χ0n) is 10.0. The normalized spacial score (nSPS) is 17.7. The largest absolute Gasteiger partial charge is 0.381 e. The first-order valence-electron chi connectivity index (χ1n) is 6.06. The molecule has 0 radical (unpaired) electrons. The number of nitrogens with two attached hydrogens (primary N) is 1. The summed E-state index contributed by atoms with van der Waals surface area (Å²) in [6.07, 6.45) is 6.16. The van der Waals surface area contributed by atoms with Gasteiger partial charge in [0.2, 0.25) is 10.0 Å². The smallest absolute Gasteiger partial charge is 0.238 e. The van der Waals surface area contributed by atoms with Gasteiger partial charge in [0.15, 0.2) is 0 Å². The Balaban J connectivity index is 2.14. The summed E-state index contributed by atoms with van der Waals surface area (Å²) in [4.78, 5) is 0.128. The van der Waals surface area contributed by atoms with Gasteiger partial charge in [0.05, 0.1) is 4.90 Å². The van der Waals surface area contributed by atoms with E-state index in [2.05, 4.69) is 21.2 Å². The minimum Gasteiger partial charge on any atom is -0.381 e. The van der Waals surface area contributed by atoms with Gasteiger partial charge in [-0.2, -0.15) is 0 Å². The Bertz CT molecular complexity index is 525. The van der Waals surface area contributed by atoms with E-state index in [9.17, 15) is 8.42 Å². The molecule has 0 spiro atoms. The molecule has 0 heterocycles. The van der Waals surface area contributed by atoms with E-state index in [1.165, 1.54) is 38.2 Å². The lowest BCUT2D eigenvalue weighted by Gasteiger charge is -2.24. The molecule has 100 valence electrons. The minimum absolute atomic E-state index is 0.128. The molecule has 4 nitrogen and oxygen atoms in total. The van der Waals surface area contributed by atoms with Crippen LogP contribution in [0.1, 0.15) is 32.1 Å². The number of hydrogen-bond donors (Lipinski definition) is 2. The molecular weight excluding hydrogens is 316 g/mol. The Morgan fingerprint density at radius 2 is 1.89 bits per heavy atom. The molecule has 0 bridgehead atoms. The van der Waals surface area contributed by atoms with E-state index < -0.39 is 10.0 Å². The Labute approximate surface area is 116 Å². The van der Waals surface area contributed by atoms with Gasteiger partial charge in [0.25, 0.3) is 0 Å². The number of nitrogens with one attached hydrogen (secondary N) is 1. The third kappa shape index (κ3) is 3.46. The van der Waals surface area contributed by atoms with Crippen molar-refractivity contribution < 1.29 is 8.42 Å². The molecule has 1 fully saturated rings. The third-order valence-electron chi connectivity index (χ3n) is 3.23. The first-order chi connectivity index (χ1) is 8.47. The van der Waals surface area contributed by atoms with E-state index in [4.69, 9.17) is 5.14 Å². The Kier molecular flexibility index (Phi) is 4.29. The lowest BCUT2D eigenvalue weighted by atomic mass is 9.95. The van der Waals surface area contributed by atoms with Crippen molar-refractivity contribution in [3.8, 4) is 0 Å². The van der Waals surface area contributed by atoms with Crippen LogP contribution in [0, 0.1) is 0 Å². The lowest BCUT2D eigenvalue weighted by Crippen LogP contribution is -2.22. The molecule has 1 saturated carbocycles. The van der Waals surface area contributed by atoms with Crippen molar-refractivity contribution >= 4 is 31.6 Å². The van der Waals surface area contributed by atoms with Crippen LogP contribution in [0.5, 0.6) is 0 Å². The molecule has 0 amide bonds. The second kappa shape index (κ2) is 5.59. The van der Waals surface area contributed by atoms with Crippen LogP contribution in [0.15, 0.2) is 27.6 Å². The zero-order valence-corrected chi connectivity index (χ0v) is 12.4. The number of rotatable bonds is 3. The second-order valence-corrected chi connectivity index (χ2v) is 7.08. The monoisotopic (exact) mass is 332 g/mol. The topological polar surface area (TPSA) is 72.2 Å². The fourth-order valence-corrected chi connectivity index (χ4v) is 3.44. The van der Waals surface area contributed by atoms with Gasteiger partial charge in [-0.25, -0.2) is 13.6 Å². The average molecular weight is 333 g/mol. The van der Waals surface area contributed by atoms with Crippen molar-refractivity contribution in [3.63, 3.8) is 0 Å². The molecule has 3 N–H and O–H groups in total. The van der Waals surface area contributed by atoms with Crippen LogP contribution >= 0.6 is 15.9 Å². The van der Waals surface area contributed by atoms with Crippen LogP contribution in [-0.4, -0.2) is 14.5 Å². The van der Waals surface area contributed by atoms with Crippen molar-refractivity contribution in [2.24, 2.45) is 5.14 Å². The molecular formula is C12H17BrN2O2S. The van der Waals surface area contributed by atoms with Crippen LogP contribution in [0.25, 0.3) is 0 Å². The van der Waals surface area contributed by atoms with Gasteiger partial charge in [-0.3, -0.25) is 0 Å². The fourth-order valence-electron chi connectivity index (χ4n) is 2.26. The predicted molar refractivity (Wildman–Crippen MR) is 76.0 cm³/mol. The van der Waals surface area contributed by atoms with E-state index in [0.29, 0.717) is 6.04 Å². The maximum absolute atomic E-state index is 11.2. The zero-order chi connectivity index (χ0) is 13.2. The number of benzene rings is 1. The number of halogens is 1. The van der Waals surface area contributed by atoms with Gasteiger partial charge in [0, 0.05) is 16.2 Å². The predicted octanol–water partition coefficient (Wildman–Crippen LogP) is 2.84. The highest BCUT2D eigenvalue weighted by Gasteiger charge is 2.15. The van der Waals surface area contributed by atoms with Crippen molar-refractivity contribution in [2.45, 2.75) is 43.0 Å². The van der Waals surface area contributed by atoms with Gasteiger partial charge < -0.3 is 5.32 Å². The number of hydrogen-bond acceptors (Lipinski definition) is 3. The molecule has 1 aromatic rings. The third-order valence-corrected chi connectivity index (χ3v) is 4.80. The molecule has 0 aromatic heterocycles. The van der Waals surface area contributed by atoms with Crippen LogP contribution < -0.4 is 10.5 Å². The summed E-state index contributed by atoms with van der Waals surface area (Å²) >= 11 is 3.38. The summed E-state index contributed by atoms with van der Waals surface area (Å²) in [6, 6.07) is 5.32. The van der Waals surface area contributed by atoms with Crippen molar-refractivity contribution in [1.29, 1.82) is 0 Å². The van der Waals surface area contributed by atoms with E-state index in [1.807, 2.05) is 0 Å². The molecule has 1 aliphatic carbocycles. The molecule has 0 unspecified atom stereocenters. The van der Waals surface area contributed by atoms with Crippen LogP contribution in [0.4, 0.5) is 5.69 Å². The number of anilines is 1. The summed E-state index contributed by atoms with van der Waals surface area (Å²) in [5.41, 5.74) is 0.925. The van der Waals surface area contributed by atoms with Gasteiger partial charge in [-0.15, -0.1) is 0 Å². The Morgan fingerprint density at radius 3 is 2.44 bits per heavy atom. The van der Waals surface area contributed by atoms with Gasteiger partial charge >= 0.3 is 0 Å². The molecule has 1 aromatic carbocycles. The second-order valence-electron chi connectivity index (χ2n) is 4.67. The molecule has 0 aliphatic heterocycles. The van der Waals surface area contributed by atoms with E-state index in [0.717, 1.165) is 10.2 Å². The summed E-state index contributed by atoms with van der Waals surface area (Å²) in [7, 11) is -3.63. The first-order valence-corrected chi connectivity index (χ1v) is 8.39. The summed E-state index contributed by atoms with van der Waals surface area (Å²) in [5, 5.41) is 8.54. The van der Waals surface area contributed by atoms with Crippen molar-refractivity contribution in [3.05, 3.63) is 22.7 Å². The molecule has 18 heavy (non-hydrogen) atoms. The summed E-state index contributed by atoms with van der Waals surface area (Å²) in [6.45, 7) is 0. The minimum atomic E-state index is -3.63. The standard InChI is InChI=1S/C12H17BrN2O2S/c13-11-8-10(18(14,16)17)6-7-12(11)15-9-4-2-1-3-5-9/h6-9,15H,1-5H2,(H2,14,16,17). The van der Waals surface area contributed by atoms with Crippen molar-refractivity contribution in [2.75, 3.05) is 5.32 Å². The van der Waals surface area contributed by atoms with E-state index in [1.54, 1.807) is 12.1 Å². The van der Waals surface area contributed by atoms with Crippen LogP contribution in [-0.2, 0) is 10.0 Å². The van der Waals surface area contributed by atoms with Gasteiger partial charge in [-0.1, -0.05) is 19.3 Å². The maximum Gasteiger partial charge on any atom is 0.238 e. The quantitative estimate of drug-likeness (QED) is 0.893. The highest BCUT2D eigenvalue weighted by molar-refractivity contribution is 9.10. The first kappa shape index (κ1) is 13.8. The molecule has 6 heteroatoms. The maximum atomic E-state index is 11.2. The molecule has 1 aliphatic rings. The van der Waals surface area contributed by atoms with Crippen LogP contribution in [0.2, 0.25) is 0 Å². The molecule has 2 rings (SSSR count). The van der Waals surface area contributed by atoms with Gasteiger partial charge in [-0.05, 0) is 47.0 Å². The molecule has 0 saturated heterocycles. The summed E-state index contributed by atoms with van der Waals surface area (Å²) in [5.74, 6) is 0. The van der Waals surface area contributed by atoms with Crippen LogP contribution in [0.3, 0.4) is 0 Å². The number of primary sulfonamides is 1. The molecule has 0 atom stereocenters. The highest BCUT2D eigenvalue weighted by atomic mass is 79.9. The fraction of sp³-hybridized carbons (Fsp3) is 0.500. The SMILES string of the molecule is NS(=O)(=O)c1ccc(NC2CCCCC2)c(Br)c1. The lowest BCUT2D eigenvalue weighted by molar-refractivity contribution is 0.462. The highest BCUT2D eigenvalue weighted by Crippen LogP contribution is 2.28. The van der Waals surface area contributed by atoms with E-state index in [-0.39, 0.29) is 4.90 Å².